The Morgan fingerprint density at radius 2 is 2.14 bits per heavy atom. The maximum absolute atomic E-state index is 5.81. The van der Waals surface area contributed by atoms with Gasteiger partial charge >= 0.3 is 0 Å². The normalized spacial score (nSPS) is 17.2. The molecule has 3 nitrogen and oxygen atoms in total. The van der Waals surface area contributed by atoms with E-state index in [-0.39, 0.29) is 0 Å². The van der Waals surface area contributed by atoms with E-state index in [1.54, 1.807) is 7.11 Å². The number of methoxy groups -OCH3 is 1. The fourth-order valence-corrected chi connectivity index (χ4v) is 2.14. The van der Waals surface area contributed by atoms with Gasteiger partial charge in [-0.3, -0.25) is 0 Å². The second-order valence-corrected chi connectivity index (χ2v) is 3.85. The highest BCUT2D eigenvalue weighted by atomic mass is 16.5. The molecule has 1 aliphatic rings. The highest BCUT2D eigenvalue weighted by molar-refractivity contribution is 5.50. The molecule has 76 valence electrons. The standard InChI is InChI=1S/C11H16N2O/c1-14-11-10(12)6-9(7-13-11)8-4-2-3-5-8/h6-8H,2-5,12H2,1H3. The van der Waals surface area contributed by atoms with E-state index in [4.69, 9.17) is 10.5 Å². The third kappa shape index (κ3) is 1.67. The topological polar surface area (TPSA) is 48.1 Å². The van der Waals surface area contributed by atoms with Crippen molar-refractivity contribution in [1.29, 1.82) is 0 Å². The van der Waals surface area contributed by atoms with Crippen molar-refractivity contribution < 1.29 is 4.74 Å². The van der Waals surface area contributed by atoms with Crippen molar-refractivity contribution in [2.45, 2.75) is 31.6 Å². The molecule has 1 fully saturated rings. The van der Waals surface area contributed by atoms with E-state index in [1.165, 1.54) is 31.2 Å². The number of pyridine rings is 1. The summed E-state index contributed by atoms with van der Waals surface area (Å²) in [7, 11) is 1.59. The van der Waals surface area contributed by atoms with Crippen LogP contribution in [0, 0.1) is 0 Å². The van der Waals surface area contributed by atoms with Crippen molar-refractivity contribution in [3.05, 3.63) is 17.8 Å². The Kier molecular flexibility index (Phi) is 2.57. The number of hydrogen-bond acceptors (Lipinski definition) is 3. The fourth-order valence-electron chi connectivity index (χ4n) is 2.14. The largest absolute Gasteiger partial charge is 0.480 e. The van der Waals surface area contributed by atoms with Crippen LogP contribution in [-0.4, -0.2) is 12.1 Å². The van der Waals surface area contributed by atoms with Crippen molar-refractivity contribution in [2.75, 3.05) is 12.8 Å². The SMILES string of the molecule is COc1ncc(C2CCCC2)cc1N. The van der Waals surface area contributed by atoms with Gasteiger partial charge in [-0.15, -0.1) is 0 Å². The summed E-state index contributed by atoms with van der Waals surface area (Å²) in [6.07, 6.45) is 7.10. The van der Waals surface area contributed by atoms with Crippen molar-refractivity contribution in [1.82, 2.24) is 4.98 Å². The molecule has 1 aliphatic carbocycles. The zero-order valence-electron chi connectivity index (χ0n) is 8.49. The Hall–Kier alpha value is -1.25. The van der Waals surface area contributed by atoms with Crippen molar-refractivity contribution in [2.24, 2.45) is 0 Å². The number of anilines is 1. The lowest BCUT2D eigenvalue weighted by Crippen LogP contribution is -1.99. The number of nitrogens with two attached hydrogens (primary N) is 1. The predicted molar refractivity (Wildman–Crippen MR) is 56.4 cm³/mol. The summed E-state index contributed by atoms with van der Waals surface area (Å²) in [6.45, 7) is 0. The van der Waals surface area contributed by atoms with Crippen LogP contribution in [0.15, 0.2) is 12.3 Å². The summed E-state index contributed by atoms with van der Waals surface area (Å²) in [5, 5.41) is 0. The molecule has 3 heteroatoms. The zero-order valence-corrected chi connectivity index (χ0v) is 8.49. The number of hydrogen-bond donors (Lipinski definition) is 1. The molecule has 14 heavy (non-hydrogen) atoms. The molecule has 0 saturated heterocycles. The summed E-state index contributed by atoms with van der Waals surface area (Å²) in [4.78, 5) is 4.19. The third-order valence-corrected chi connectivity index (χ3v) is 2.92. The van der Waals surface area contributed by atoms with Crippen LogP contribution in [0.1, 0.15) is 37.2 Å². The molecule has 2 rings (SSSR count). The van der Waals surface area contributed by atoms with E-state index < -0.39 is 0 Å². The molecular formula is C11H16N2O. The molecule has 0 aliphatic heterocycles. The second-order valence-electron chi connectivity index (χ2n) is 3.85. The van der Waals surface area contributed by atoms with E-state index in [2.05, 4.69) is 4.98 Å². The molecule has 0 atom stereocenters. The number of rotatable bonds is 2. The smallest absolute Gasteiger partial charge is 0.236 e. The number of ether oxygens (including phenoxy) is 1. The van der Waals surface area contributed by atoms with E-state index in [9.17, 15) is 0 Å². The Morgan fingerprint density at radius 3 is 2.71 bits per heavy atom. The molecule has 1 saturated carbocycles. The number of nitrogens with zero attached hydrogens (tertiary/aromatic N) is 1. The molecular weight excluding hydrogens is 176 g/mol. The third-order valence-electron chi connectivity index (χ3n) is 2.92. The number of aromatic nitrogens is 1. The van der Waals surface area contributed by atoms with Gasteiger partial charge in [0, 0.05) is 6.20 Å². The quantitative estimate of drug-likeness (QED) is 0.782. The number of nitrogen functional groups attached to an aromatic ring is 1. The minimum Gasteiger partial charge on any atom is -0.480 e. The Balaban J connectivity index is 2.23. The summed E-state index contributed by atoms with van der Waals surface area (Å²) >= 11 is 0. The zero-order chi connectivity index (χ0) is 9.97. The molecule has 0 bridgehead atoms. The molecule has 0 unspecified atom stereocenters. The van der Waals surface area contributed by atoms with Crippen LogP contribution in [0.3, 0.4) is 0 Å². The van der Waals surface area contributed by atoms with Gasteiger partial charge in [-0.1, -0.05) is 12.8 Å². The lowest BCUT2D eigenvalue weighted by molar-refractivity contribution is 0.399. The molecule has 0 amide bonds. The monoisotopic (exact) mass is 192 g/mol. The molecule has 0 aromatic carbocycles. The lowest BCUT2D eigenvalue weighted by atomic mass is 9.99. The van der Waals surface area contributed by atoms with Crippen LogP contribution < -0.4 is 10.5 Å². The summed E-state index contributed by atoms with van der Waals surface area (Å²) in [6, 6.07) is 2.00. The highest BCUT2D eigenvalue weighted by Crippen LogP contribution is 2.35. The molecule has 1 heterocycles. The van der Waals surface area contributed by atoms with Gasteiger partial charge in [0.05, 0.1) is 12.8 Å². The van der Waals surface area contributed by atoms with Gasteiger partial charge in [-0.2, -0.15) is 0 Å². The van der Waals surface area contributed by atoms with Gasteiger partial charge < -0.3 is 10.5 Å². The Morgan fingerprint density at radius 1 is 1.43 bits per heavy atom. The van der Waals surface area contributed by atoms with Crippen molar-refractivity contribution >= 4 is 5.69 Å². The van der Waals surface area contributed by atoms with Gasteiger partial charge in [-0.05, 0) is 30.4 Å². The Labute approximate surface area is 84.3 Å². The average molecular weight is 192 g/mol. The van der Waals surface area contributed by atoms with E-state index in [0.29, 0.717) is 17.5 Å². The molecule has 0 spiro atoms. The average Bonchev–Trinajstić information content (AvgIpc) is 2.70. The van der Waals surface area contributed by atoms with Crippen molar-refractivity contribution in [3.63, 3.8) is 0 Å². The van der Waals surface area contributed by atoms with E-state index in [0.717, 1.165) is 0 Å². The van der Waals surface area contributed by atoms with Gasteiger partial charge in [0.2, 0.25) is 5.88 Å². The maximum Gasteiger partial charge on any atom is 0.236 e. The van der Waals surface area contributed by atoms with Gasteiger partial charge in [-0.25, -0.2) is 4.98 Å². The maximum atomic E-state index is 5.81. The highest BCUT2D eigenvalue weighted by Gasteiger charge is 2.18. The van der Waals surface area contributed by atoms with Crippen LogP contribution in [0.5, 0.6) is 5.88 Å². The first-order valence-corrected chi connectivity index (χ1v) is 5.10. The summed E-state index contributed by atoms with van der Waals surface area (Å²) in [5.74, 6) is 1.20. The molecule has 0 radical (unpaired) electrons. The van der Waals surface area contributed by atoms with E-state index in [1.807, 2.05) is 12.3 Å². The summed E-state index contributed by atoms with van der Waals surface area (Å²) in [5.41, 5.74) is 7.73. The minimum atomic E-state index is 0.534. The minimum absolute atomic E-state index is 0.534. The van der Waals surface area contributed by atoms with Crippen LogP contribution in [0.25, 0.3) is 0 Å². The fraction of sp³-hybridized carbons (Fsp3) is 0.545. The van der Waals surface area contributed by atoms with Gasteiger partial charge in [0.15, 0.2) is 0 Å². The van der Waals surface area contributed by atoms with Crippen molar-refractivity contribution in [3.8, 4) is 5.88 Å². The molecule has 1 aromatic heterocycles. The summed E-state index contributed by atoms with van der Waals surface area (Å²) < 4.78 is 5.03. The van der Waals surface area contributed by atoms with Crippen LogP contribution >= 0.6 is 0 Å². The van der Waals surface area contributed by atoms with Gasteiger partial charge in [0.25, 0.3) is 0 Å². The first-order valence-electron chi connectivity index (χ1n) is 5.10. The first kappa shape index (κ1) is 9.31. The molecule has 1 aromatic rings. The van der Waals surface area contributed by atoms with Crippen LogP contribution in [0.4, 0.5) is 5.69 Å². The Bertz CT molecular complexity index is 319. The van der Waals surface area contributed by atoms with E-state index >= 15 is 0 Å². The molecule has 2 N–H and O–H groups in total. The first-order chi connectivity index (χ1) is 6.81. The van der Waals surface area contributed by atoms with Crippen LogP contribution in [0.2, 0.25) is 0 Å². The second kappa shape index (κ2) is 3.86. The van der Waals surface area contributed by atoms with Gasteiger partial charge in [0.1, 0.15) is 0 Å². The lowest BCUT2D eigenvalue weighted by Gasteiger charge is -2.10. The predicted octanol–water partition coefficient (Wildman–Crippen LogP) is 2.33. The van der Waals surface area contributed by atoms with Crippen LogP contribution in [-0.2, 0) is 0 Å².